The quantitative estimate of drug-likeness (QED) is 0.156. The van der Waals surface area contributed by atoms with Crippen molar-refractivity contribution in [1.29, 1.82) is 0 Å². The van der Waals surface area contributed by atoms with E-state index in [1.807, 2.05) is 6.92 Å². The SMILES string of the molecule is Cc1ccc(S(=O)(=O)OCCCn2c(=O)c(C)cn(C(C[C@@H](C)OC(=O)OC(C)(C)C)OCCOC(=O)OC(C)(C)C)c2=O)cc1. The Kier molecular flexibility index (Phi) is 13.6. The fourth-order valence-corrected chi connectivity index (χ4v) is 4.89. The fraction of sp³-hybridized carbons (Fsp3) is 0.613. The van der Waals surface area contributed by atoms with Crippen LogP contribution in [0.25, 0.3) is 0 Å². The highest BCUT2D eigenvalue weighted by Gasteiger charge is 2.25. The van der Waals surface area contributed by atoms with Crippen LogP contribution in [0.5, 0.6) is 0 Å². The van der Waals surface area contributed by atoms with Crippen LogP contribution in [-0.2, 0) is 44.5 Å². The van der Waals surface area contributed by atoms with Crippen molar-refractivity contribution in [2.45, 2.75) is 110 Å². The van der Waals surface area contributed by atoms with Crippen LogP contribution in [0.2, 0.25) is 0 Å². The zero-order valence-electron chi connectivity index (χ0n) is 28.0. The maximum atomic E-state index is 13.6. The van der Waals surface area contributed by atoms with Crippen molar-refractivity contribution in [3.05, 3.63) is 62.4 Å². The Morgan fingerprint density at radius 2 is 1.46 bits per heavy atom. The molecule has 258 valence electrons. The van der Waals surface area contributed by atoms with Gasteiger partial charge < -0.3 is 23.7 Å². The second-order valence-corrected chi connectivity index (χ2v) is 14.3. The number of ether oxygens (including phenoxy) is 5. The molecule has 0 aliphatic rings. The molecule has 2 rings (SSSR count). The molecule has 2 aromatic rings. The highest BCUT2D eigenvalue weighted by atomic mass is 32.2. The van der Waals surface area contributed by atoms with Crippen LogP contribution in [0, 0.1) is 13.8 Å². The molecule has 0 bridgehead atoms. The summed E-state index contributed by atoms with van der Waals surface area (Å²) in [5, 5.41) is 0. The number of hydrogen-bond donors (Lipinski definition) is 0. The van der Waals surface area contributed by atoms with Gasteiger partial charge in [-0.05, 0) is 80.9 Å². The third-order valence-electron chi connectivity index (χ3n) is 5.97. The zero-order valence-corrected chi connectivity index (χ0v) is 28.8. The minimum atomic E-state index is -4.03. The Hall–Kier alpha value is -3.69. The van der Waals surface area contributed by atoms with Gasteiger partial charge >= 0.3 is 18.0 Å². The van der Waals surface area contributed by atoms with Crippen molar-refractivity contribution in [2.24, 2.45) is 0 Å². The number of aryl methyl sites for hydroxylation is 2. The first-order valence-corrected chi connectivity index (χ1v) is 16.2. The van der Waals surface area contributed by atoms with Gasteiger partial charge in [-0.3, -0.25) is 18.1 Å². The molecule has 0 aliphatic heterocycles. The largest absolute Gasteiger partial charge is 0.509 e. The summed E-state index contributed by atoms with van der Waals surface area (Å²) in [7, 11) is -4.03. The molecule has 14 nitrogen and oxygen atoms in total. The van der Waals surface area contributed by atoms with E-state index in [4.69, 9.17) is 27.9 Å². The van der Waals surface area contributed by atoms with E-state index in [-0.39, 0.29) is 49.7 Å². The van der Waals surface area contributed by atoms with E-state index in [9.17, 15) is 27.6 Å². The summed E-state index contributed by atoms with van der Waals surface area (Å²) in [6, 6.07) is 6.15. The molecule has 0 N–H and O–H groups in total. The Morgan fingerprint density at radius 3 is 2.04 bits per heavy atom. The van der Waals surface area contributed by atoms with Crippen molar-refractivity contribution in [3.8, 4) is 0 Å². The Morgan fingerprint density at radius 1 is 0.870 bits per heavy atom. The third kappa shape index (κ3) is 13.0. The van der Waals surface area contributed by atoms with E-state index < -0.39 is 57.2 Å². The van der Waals surface area contributed by atoms with Gasteiger partial charge in [0.15, 0.2) is 0 Å². The zero-order chi connectivity index (χ0) is 34.9. The summed E-state index contributed by atoms with van der Waals surface area (Å²) in [6.07, 6.45) is -2.39. The number of carbonyl (C=O) groups is 2. The molecule has 1 unspecified atom stereocenters. The van der Waals surface area contributed by atoms with E-state index in [0.717, 1.165) is 10.1 Å². The van der Waals surface area contributed by atoms with Crippen LogP contribution in [0.1, 0.15) is 78.7 Å². The van der Waals surface area contributed by atoms with E-state index in [1.54, 1.807) is 60.6 Å². The summed E-state index contributed by atoms with van der Waals surface area (Å²) in [5.41, 5.74) is -1.79. The first-order chi connectivity index (χ1) is 21.2. The molecule has 1 aromatic carbocycles. The topological polar surface area (TPSA) is 168 Å². The van der Waals surface area contributed by atoms with Gasteiger partial charge in [-0.1, -0.05) is 17.7 Å². The molecule has 0 radical (unpaired) electrons. The molecule has 46 heavy (non-hydrogen) atoms. The standard InChI is InChI=1S/C31H46N2O12S/c1-21-11-13-24(14-12-21)46(38,39)42-16-10-15-32-26(34)22(2)20-33(27(32)35)25(19-23(3)43-29(37)45-31(7,8)9)40-17-18-41-28(36)44-30(4,5)6/h11-14,20,23,25H,10,15-19H2,1-9H3/t23-,25?/m1/s1. The first kappa shape index (κ1) is 38.5. The molecular weight excluding hydrogens is 624 g/mol. The molecule has 0 aliphatic carbocycles. The molecule has 0 amide bonds. The minimum absolute atomic E-state index is 0.00784. The summed E-state index contributed by atoms with van der Waals surface area (Å²) in [6.45, 7) is 14.2. The van der Waals surface area contributed by atoms with E-state index >= 15 is 0 Å². The van der Waals surface area contributed by atoms with Gasteiger partial charge in [0, 0.05) is 24.7 Å². The maximum Gasteiger partial charge on any atom is 0.509 e. The van der Waals surface area contributed by atoms with Crippen LogP contribution < -0.4 is 11.2 Å². The average Bonchev–Trinajstić information content (AvgIpc) is 2.90. The molecule has 0 fully saturated rings. The van der Waals surface area contributed by atoms with Crippen molar-refractivity contribution >= 4 is 22.4 Å². The summed E-state index contributed by atoms with van der Waals surface area (Å²) in [4.78, 5) is 50.7. The Balaban J connectivity index is 2.23. The molecule has 2 atom stereocenters. The fourth-order valence-electron chi connectivity index (χ4n) is 3.95. The van der Waals surface area contributed by atoms with Gasteiger partial charge in [0.1, 0.15) is 30.1 Å². The minimum Gasteiger partial charge on any atom is -0.432 e. The number of benzene rings is 1. The predicted octanol–water partition coefficient (Wildman–Crippen LogP) is 4.62. The van der Waals surface area contributed by atoms with Gasteiger partial charge in [-0.25, -0.2) is 14.4 Å². The van der Waals surface area contributed by atoms with Gasteiger partial charge in [0.2, 0.25) is 0 Å². The van der Waals surface area contributed by atoms with Crippen molar-refractivity contribution < 1.29 is 45.9 Å². The maximum absolute atomic E-state index is 13.6. The molecule has 0 spiro atoms. The lowest BCUT2D eigenvalue weighted by atomic mass is 10.2. The van der Waals surface area contributed by atoms with E-state index in [2.05, 4.69) is 0 Å². The lowest BCUT2D eigenvalue weighted by Gasteiger charge is -2.26. The van der Waals surface area contributed by atoms with Crippen molar-refractivity contribution in [1.82, 2.24) is 9.13 Å². The average molecular weight is 671 g/mol. The van der Waals surface area contributed by atoms with Crippen molar-refractivity contribution in [2.75, 3.05) is 19.8 Å². The lowest BCUT2D eigenvalue weighted by Crippen LogP contribution is -2.43. The number of nitrogens with zero attached hydrogens (tertiary/aromatic N) is 2. The van der Waals surface area contributed by atoms with E-state index in [0.29, 0.717) is 0 Å². The Bertz CT molecular complexity index is 1550. The highest BCUT2D eigenvalue weighted by molar-refractivity contribution is 7.86. The highest BCUT2D eigenvalue weighted by Crippen LogP contribution is 2.19. The second-order valence-electron chi connectivity index (χ2n) is 12.7. The monoisotopic (exact) mass is 670 g/mol. The molecule has 15 heteroatoms. The van der Waals surface area contributed by atoms with Crippen LogP contribution in [0.15, 0.2) is 44.9 Å². The second kappa shape index (κ2) is 16.2. The normalized spacial score (nSPS) is 13.5. The smallest absolute Gasteiger partial charge is 0.432 e. The number of carbonyl (C=O) groups excluding carboxylic acids is 2. The molecule has 0 saturated heterocycles. The van der Waals surface area contributed by atoms with Gasteiger partial charge in [0.25, 0.3) is 15.7 Å². The third-order valence-corrected chi connectivity index (χ3v) is 7.30. The van der Waals surface area contributed by atoms with Gasteiger partial charge in [-0.2, -0.15) is 8.42 Å². The predicted molar refractivity (Wildman–Crippen MR) is 167 cm³/mol. The van der Waals surface area contributed by atoms with Crippen molar-refractivity contribution in [3.63, 3.8) is 0 Å². The number of hydrogen-bond acceptors (Lipinski definition) is 12. The van der Waals surface area contributed by atoms with Crippen LogP contribution in [0.3, 0.4) is 0 Å². The summed E-state index contributed by atoms with van der Waals surface area (Å²) in [5.74, 6) is 0. The van der Waals surface area contributed by atoms with Gasteiger partial charge in [0.05, 0.1) is 18.1 Å². The van der Waals surface area contributed by atoms with E-state index in [1.165, 1.54) is 29.8 Å². The number of rotatable bonds is 14. The van der Waals surface area contributed by atoms with Gasteiger partial charge in [-0.15, -0.1) is 0 Å². The Labute approximate surface area is 269 Å². The number of aromatic nitrogens is 2. The lowest BCUT2D eigenvalue weighted by molar-refractivity contribution is -0.0722. The molecule has 1 heterocycles. The summed E-state index contributed by atoms with van der Waals surface area (Å²) >= 11 is 0. The molecular formula is C31H46N2O12S. The molecule has 0 saturated carbocycles. The van der Waals surface area contributed by atoms with Crippen LogP contribution >= 0.6 is 0 Å². The first-order valence-electron chi connectivity index (χ1n) is 14.8. The summed E-state index contributed by atoms with van der Waals surface area (Å²) < 4.78 is 58.9. The van der Waals surface area contributed by atoms with Crippen LogP contribution in [0.4, 0.5) is 9.59 Å². The van der Waals surface area contributed by atoms with Crippen LogP contribution in [-0.4, -0.2) is 67.0 Å². The molecule has 1 aromatic heterocycles.